The number of nitrogen functional groups attached to an aromatic ring is 1. The molecule has 3 aromatic rings. The van der Waals surface area contributed by atoms with Gasteiger partial charge in [0.2, 0.25) is 0 Å². The van der Waals surface area contributed by atoms with Gasteiger partial charge in [-0.15, -0.1) is 0 Å². The second-order valence-electron chi connectivity index (χ2n) is 4.19. The van der Waals surface area contributed by atoms with Crippen LogP contribution in [0.25, 0.3) is 17.1 Å². The van der Waals surface area contributed by atoms with Gasteiger partial charge >= 0.3 is 0 Å². The first-order chi connectivity index (χ1) is 9.25. The van der Waals surface area contributed by atoms with Crippen LogP contribution in [0.4, 0.5) is 10.1 Å². The molecule has 1 aromatic heterocycles. The number of aromatic nitrogens is 2. The van der Waals surface area contributed by atoms with Gasteiger partial charge in [0, 0.05) is 18.0 Å². The molecule has 0 saturated heterocycles. The Balaban J connectivity index is 2.15. The molecule has 0 aliphatic heterocycles. The summed E-state index contributed by atoms with van der Waals surface area (Å²) < 4.78 is 15.0. The average molecular weight is 253 g/mol. The van der Waals surface area contributed by atoms with E-state index in [1.807, 2.05) is 41.1 Å². The quantitative estimate of drug-likeness (QED) is 0.712. The lowest BCUT2D eigenvalue weighted by molar-refractivity contribution is 0.628. The first-order valence-electron chi connectivity index (χ1n) is 5.90. The first-order valence-corrected chi connectivity index (χ1v) is 5.90. The largest absolute Gasteiger partial charge is 0.397 e. The molecule has 0 fully saturated rings. The predicted molar refractivity (Wildman–Crippen MR) is 73.4 cm³/mol. The Hall–Kier alpha value is -2.62. The van der Waals surface area contributed by atoms with Gasteiger partial charge in [-0.3, -0.25) is 4.57 Å². The summed E-state index contributed by atoms with van der Waals surface area (Å²) >= 11 is 0. The van der Waals surface area contributed by atoms with Crippen molar-refractivity contribution in [3.8, 4) is 17.1 Å². The van der Waals surface area contributed by atoms with Gasteiger partial charge in [-0.2, -0.15) is 0 Å². The maximum absolute atomic E-state index is 13.1. The zero-order valence-corrected chi connectivity index (χ0v) is 10.1. The van der Waals surface area contributed by atoms with E-state index >= 15 is 0 Å². The number of nitrogens with two attached hydrogens (primary N) is 1. The number of hydrogen-bond acceptors (Lipinski definition) is 2. The smallest absolute Gasteiger partial charge is 0.144 e. The maximum atomic E-state index is 13.1. The van der Waals surface area contributed by atoms with E-state index in [2.05, 4.69) is 4.98 Å². The molecule has 19 heavy (non-hydrogen) atoms. The number of benzene rings is 2. The summed E-state index contributed by atoms with van der Waals surface area (Å²) in [5, 5.41) is 0. The van der Waals surface area contributed by atoms with E-state index < -0.39 is 0 Å². The highest BCUT2D eigenvalue weighted by atomic mass is 19.1. The highest BCUT2D eigenvalue weighted by molar-refractivity contribution is 5.64. The van der Waals surface area contributed by atoms with Gasteiger partial charge in [-0.25, -0.2) is 9.37 Å². The number of nitrogens with zero attached hydrogens (tertiary/aromatic N) is 2. The predicted octanol–water partition coefficient (Wildman–Crippen LogP) is 3.26. The molecule has 4 heteroatoms. The molecule has 94 valence electrons. The normalized spacial score (nSPS) is 10.6. The third kappa shape index (κ3) is 2.08. The zero-order valence-electron chi connectivity index (χ0n) is 10.1. The van der Waals surface area contributed by atoms with Crippen molar-refractivity contribution in [1.29, 1.82) is 0 Å². The van der Waals surface area contributed by atoms with E-state index in [4.69, 9.17) is 5.73 Å². The minimum absolute atomic E-state index is 0.345. The van der Waals surface area contributed by atoms with Crippen LogP contribution >= 0.6 is 0 Å². The fourth-order valence-electron chi connectivity index (χ4n) is 2.04. The fraction of sp³-hybridized carbons (Fsp3) is 0. The lowest BCUT2D eigenvalue weighted by Crippen LogP contribution is -2.01. The van der Waals surface area contributed by atoms with Crippen molar-refractivity contribution in [2.75, 3.05) is 5.73 Å². The molecule has 0 unspecified atom stereocenters. The molecule has 0 bridgehead atoms. The van der Waals surface area contributed by atoms with Crippen LogP contribution in [0, 0.1) is 5.82 Å². The van der Waals surface area contributed by atoms with Gasteiger partial charge in [0.25, 0.3) is 0 Å². The number of imidazole rings is 1. The van der Waals surface area contributed by atoms with Gasteiger partial charge in [0.15, 0.2) is 0 Å². The molecule has 1 heterocycles. The second-order valence-corrected chi connectivity index (χ2v) is 4.19. The SMILES string of the molecule is Nc1cc(F)ccc1-n1ccnc1-c1ccccc1. The Bertz CT molecular complexity index is 704. The number of halogens is 1. The van der Waals surface area contributed by atoms with Crippen molar-refractivity contribution in [2.24, 2.45) is 0 Å². The highest BCUT2D eigenvalue weighted by Gasteiger charge is 2.10. The second kappa shape index (κ2) is 4.57. The van der Waals surface area contributed by atoms with Gasteiger partial charge < -0.3 is 5.73 Å². The summed E-state index contributed by atoms with van der Waals surface area (Å²) in [4.78, 5) is 4.34. The molecule has 0 radical (unpaired) electrons. The summed E-state index contributed by atoms with van der Waals surface area (Å²) in [7, 11) is 0. The van der Waals surface area contributed by atoms with Crippen LogP contribution in [0.5, 0.6) is 0 Å². The lowest BCUT2D eigenvalue weighted by Gasteiger charge is -2.10. The van der Waals surface area contributed by atoms with Crippen LogP contribution in [-0.2, 0) is 0 Å². The third-order valence-electron chi connectivity index (χ3n) is 2.92. The molecule has 0 spiro atoms. The molecule has 3 nitrogen and oxygen atoms in total. The summed E-state index contributed by atoms with van der Waals surface area (Å²) in [6.07, 6.45) is 3.51. The zero-order chi connectivity index (χ0) is 13.2. The van der Waals surface area contributed by atoms with Crippen molar-refractivity contribution in [3.63, 3.8) is 0 Å². The lowest BCUT2D eigenvalue weighted by atomic mass is 10.2. The van der Waals surface area contributed by atoms with Crippen molar-refractivity contribution >= 4 is 5.69 Å². The molecule has 0 amide bonds. The fourth-order valence-corrected chi connectivity index (χ4v) is 2.04. The van der Waals surface area contributed by atoms with E-state index in [0.717, 1.165) is 17.1 Å². The van der Waals surface area contributed by atoms with E-state index in [9.17, 15) is 4.39 Å². The number of rotatable bonds is 2. The minimum Gasteiger partial charge on any atom is -0.397 e. The third-order valence-corrected chi connectivity index (χ3v) is 2.92. The van der Waals surface area contributed by atoms with Gasteiger partial charge in [0.05, 0.1) is 11.4 Å². The van der Waals surface area contributed by atoms with Crippen LogP contribution in [0.3, 0.4) is 0 Å². The molecular weight excluding hydrogens is 241 g/mol. The van der Waals surface area contributed by atoms with Crippen molar-refractivity contribution in [3.05, 3.63) is 66.7 Å². The molecule has 0 aliphatic carbocycles. The van der Waals surface area contributed by atoms with Gasteiger partial charge in [0.1, 0.15) is 11.6 Å². The van der Waals surface area contributed by atoms with Gasteiger partial charge in [-0.1, -0.05) is 30.3 Å². The van der Waals surface area contributed by atoms with E-state index in [0.29, 0.717) is 5.69 Å². The minimum atomic E-state index is -0.345. The summed E-state index contributed by atoms with van der Waals surface area (Å²) in [5.41, 5.74) is 7.96. The molecule has 3 rings (SSSR count). The van der Waals surface area contributed by atoms with Crippen molar-refractivity contribution < 1.29 is 4.39 Å². The Kier molecular flexibility index (Phi) is 2.76. The summed E-state index contributed by atoms with van der Waals surface area (Å²) in [5.74, 6) is 0.432. The number of hydrogen-bond donors (Lipinski definition) is 1. The van der Waals surface area contributed by atoms with Gasteiger partial charge in [-0.05, 0) is 18.2 Å². The maximum Gasteiger partial charge on any atom is 0.144 e. The number of anilines is 1. The molecule has 2 aromatic carbocycles. The van der Waals surface area contributed by atoms with Crippen LogP contribution in [-0.4, -0.2) is 9.55 Å². The molecule has 0 aliphatic rings. The van der Waals surface area contributed by atoms with Crippen LogP contribution in [0.1, 0.15) is 0 Å². The van der Waals surface area contributed by atoms with E-state index in [1.165, 1.54) is 12.1 Å². The standard InChI is InChI=1S/C15H12FN3/c16-12-6-7-14(13(17)10-12)19-9-8-18-15(19)11-4-2-1-3-5-11/h1-10H,17H2. The van der Waals surface area contributed by atoms with E-state index in [-0.39, 0.29) is 5.82 Å². The van der Waals surface area contributed by atoms with E-state index in [1.54, 1.807) is 12.3 Å². The van der Waals surface area contributed by atoms with Crippen LogP contribution in [0.15, 0.2) is 60.9 Å². The summed E-state index contributed by atoms with van der Waals surface area (Å²) in [6, 6.07) is 14.1. The summed E-state index contributed by atoms with van der Waals surface area (Å²) in [6.45, 7) is 0. The van der Waals surface area contributed by atoms with Crippen molar-refractivity contribution in [1.82, 2.24) is 9.55 Å². The molecule has 0 saturated carbocycles. The Morgan fingerprint density at radius 3 is 2.58 bits per heavy atom. The Labute approximate surface area is 110 Å². The molecule has 0 atom stereocenters. The average Bonchev–Trinajstić information content (AvgIpc) is 2.89. The molecular formula is C15H12FN3. The highest BCUT2D eigenvalue weighted by Crippen LogP contribution is 2.25. The first kappa shape index (κ1) is 11.5. The van der Waals surface area contributed by atoms with Crippen LogP contribution in [0.2, 0.25) is 0 Å². The topological polar surface area (TPSA) is 43.8 Å². The van der Waals surface area contributed by atoms with Crippen LogP contribution < -0.4 is 5.73 Å². The van der Waals surface area contributed by atoms with Crippen molar-refractivity contribution in [2.45, 2.75) is 0 Å². The Morgan fingerprint density at radius 1 is 1.05 bits per heavy atom. The Morgan fingerprint density at radius 2 is 1.84 bits per heavy atom. The molecule has 2 N–H and O–H groups in total. The monoisotopic (exact) mass is 253 g/mol.